The Bertz CT molecular complexity index is 519. The van der Waals surface area contributed by atoms with Gasteiger partial charge in [-0.15, -0.1) is 12.4 Å². The third kappa shape index (κ3) is 2.28. The van der Waals surface area contributed by atoms with Crippen molar-refractivity contribution in [3.8, 4) is 0 Å². The summed E-state index contributed by atoms with van der Waals surface area (Å²) < 4.78 is 0. The fourth-order valence-corrected chi connectivity index (χ4v) is 2.79. The maximum Gasteiger partial charge on any atom is 0.0484 e. The molecule has 3 heteroatoms. The normalized spacial score (nSPS) is 19.2. The van der Waals surface area contributed by atoms with E-state index in [1.165, 1.54) is 22.8 Å². The molecule has 0 amide bonds. The van der Waals surface area contributed by atoms with Gasteiger partial charge in [-0.1, -0.05) is 41.9 Å². The number of fused-ring (bicyclic) bond motifs is 1. The number of halogens is 2. The Kier molecular flexibility index (Phi) is 3.93. The van der Waals surface area contributed by atoms with Crippen LogP contribution in [0.2, 0.25) is 5.02 Å². The molecule has 2 aromatic rings. The Morgan fingerprint density at radius 1 is 1.06 bits per heavy atom. The van der Waals surface area contributed by atoms with Crippen molar-refractivity contribution in [1.29, 1.82) is 0 Å². The molecule has 1 N–H and O–H groups in total. The molecule has 0 saturated carbocycles. The number of hydrogen-bond acceptors (Lipinski definition) is 1. The lowest BCUT2D eigenvalue weighted by atomic mass is 9.93. The highest BCUT2D eigenvalue weighted by molar-refractivity contribution is 6.35. The molecule has 1 nitrogen and oxygen atoms in total. The lowest BCUT2D eigenvalue weighted by Crippen LogP contribution is -2.08. The highest BCUT2D eigenvalue weighted by Gasteiger charge is 2.18. The Balaban J connectivity index is 0.00000108. The second-order valence-corrected chi connectivity index (χ2v) is 4.78. The minimum atomic E-state index is 0. The van der Waals surface area contributed by atoms with E-state index in [4.69, 9.17) is 11.6 Å². The van der Waals surface area contributed by atoms with Gasteiger partial charge in [0.15, 0.2) is 0 Å². The molecular weight excluding hydrogens is 253 g/mol. The molecule has 1 saturated heterocycles. The van der Waals surface area contributed by atoms with Crippen LogP contribution >= 0.6 is 24.0 Å². The van der Waals surface area contributed by atoms with E-state index in [1.54, 1.807) is 0 Å². The van der Waals surface area contributed by atoms with E-state index in [9.17, 15) is 0 Å². The van der Waals surface area contributed by atoms with Gasteiger partial charge >= 0.3 is 0 Å². The van der Waals surface area contributed by atoms with Crippen molar-refractivity contribution in [2.75, 3.05) is 13.1 Å². The Labute approximate surface area is 113 Å². The van der Waals surface area contributed by atoms with Crippen LogP contribution in [0.4, 0.5) is 0 Å². The first-order valence-corrected chi connectivity index (χ1v) is 6.12. The van der Waals surface area contributed by atoms with Crippen LogP contribution in [-0.2, 0) is 0 Å². The second-order valence-electron chi connectivity index (χ2n) is 4.37. The Morgan fingerprint density at radius 3 is 2.53 bits per heavy atom. The minimum Gasteiger partial charge on any atom is -0.316 e. The van der Waals surface area contributed by atoms with Crippen LogP contribution in [0.25, 0.3) is 10.8 Å². The van der Waals surface area contributed by atoms with E-state index in [0.717, 1.165) is 18.1 Å². The van der Waals surface area contributed by atoms with Crippen LogP contribution in [0.1, 0.15) is 17.9 Å². The van der Waals surface area contributed by atoms with Gasteiger partial charge in [0.25, 0.3) is 0 Å². The Hall–Kier alpha value is -0.760. The van der Waals surface area contributed by atoms with Crippen LogP contribution in [0.5, 0.6) is 0 Å². The number of nitrogens with one attached hydrogen (secondary N) is 1. The zero-order chi connectivity index (χ0) is 11.0. The summed E-state index contributed by atoms with van der Waals surface area (Å²) in [5, 5.41) is 6.75. The topological polar surface area (TPSA) is 12.0 Å². The monoisotopic (exact) mass is 267 g/mol. The first-order valence-electron chi connectivity index (χ1n) is 5.74. The number of benzene rings is 2. The summed E-state index contributed by atoms with van der Waals surface area (Å²) in [5.74, 6) is 0.641. The number of hydrogen-bond donors (Lipinski definition) is 1. The molecule has 0 bridgehead atoms. The summed E-state index contributed by atoms with van der Waals surface area (Å²) in [6.45, 7) is 2.22. The first-order chi connectivity index (χ1) is 7.86. The van der Waals surface area contributed by atoms with Crippen LogP contribution in [0.15, 0.2) is 36.4 Å². The summed E-state index contributed by atoms with van der Waals surface area (Å²) in [5.41, 5.74) is 1.44. The van der Waals surface area contributed by atoms with Gasteiger partial charge in [0, 0.05) is 17.0 Å². The maximum atomic E-state index is 6.22. The standard InChI is InChI=1S/C14H14ClN.ClH/c15-14-6-5-11(10-7-8-16-9-10)12-3-1-2-4-13(12)14;/h1-6,10,16H,7-9H2;1H. The maximum absolute atomic E-state index is 6.22. The zero-order valence-electron chi connectivity index (χ0n) is 9.45. The molecule has 1 unspecified atom stereocenters. The third-order valence-corrected chi connectivity index (χ3v) is 3.73. The highest BCUT2D eigenvalue weighted by Crippen LogP contribution is 2.33. The van der Waals surface area contributed by atoms with Gasteiger partial charge in [0.05, 0.1) is 0 Å². The lowest BCUT2D eigenvalue weighted by molar-refractivity contribution is 0.770. The van der Waals surface area contributed by atoms with Gasteiger partial charge in [0.1, 0.15) is 0 Å². The molecule has 1 fully saturated rings. The molecule has 0 spiro atoms. The predicted octanol–water partition coefficient (Wildman–Crippen LogP) is 3.99. The van der Waals surface area contributed by atoms with E-state index in [2.05, 4.69) is 29.6 Å². The fourth-order valence-electron chi connectivity index (χ4n) is 2.56. The fraction of sp³-hybridized carbons (Fsp3) is 0.286. The second kappa shape index (κ2) is 5.26. The van der Waals surface area contributed by atoms with Crippen LogP contribution < -0.4 is 5.32 Å². The molecule has 0 aliphatic carbocycles. The van der Waals surface area contributed by atoms with Crippen molar-refractivity contribution in [1.82, 2.24) is 5.32 Å². The largest absolute Gasteiger partial charge is 0.316 e. The predicted molar refractivity (Wildman–Crippen MR) is 76.4 cm³/mol. The summed E-state index contributed by atoms with van der Waals surface area (Å²) in [7, 11) is 0. The SMILES string of the molecule is Cl.Clc1ccc(C2CCNC2)c2ccccc12. The van der Waals surface area contributed by atoms with E-state index in [-0.39, 0.29) is 12.4 Å². The molecule has 1 aliphatic rings. The van der Waals surface area contributed by atoms with Gasteiger partial charge in [-0.2, -0.15) is 0 Å². The van der Waals surface area contributed by atoms with Crippen molar-refractivity contribution in [3.05, 3.63) is 47.0 Å². The summed E-state index contributed by atoms with van der Waals surface area (Å²) in [4.78, 5) is 0. The summed E-state index contributed by atoms with van der Waals surface area (Å²) in [6, 6.07) is 12.6. The molecule has 2 aromatic carbocycles. The molecule has 90 valence electrons. The van der Waals surface area contributed by atoms with Gasteiger partial charge < -0.3 is 5.32 Å². The molecular formula is C14H15Cl2N. The lowest BCUT2D eigenvalue weighted by Gasteiger charge is -2.13. The van der Waals surface area contributed by atoms with E-state index >= 15 is 0 Å². The molecule has 1 heterocycles. The smallest absolute Gasteiger partial charge is 0.0484 e. The number of rotatable bonds is 1. The van der Waals surface area contributed by atoms with Crippen molar-refractivity contribution in [2.24, 2.45) is 0 Å². The minimum absolute atomic E-state index is 0. The molecule has 0 radical (unpaired) electrons. The third-order valence-electron chi connectivity index (χ3n) is 3.40. The van der Waals surface area contributed by atoms with Gasteiger partial charge in [-0.3, -0.25) is 0 Å². The average molecular weight is 268 g/mol. The van der Waals surface area contributed by atoms with E-state index in [0.29, 0.717) is 5.92 Å². The zero-order valence-corrected chi connectivity index (χ0v) is 11.0. The molecule has 1 atom stereocenters. The van der Waals surface area contributed by atoms with Crippen molar-refractivity contribution in [3.63, 3.8) is 0 Å². The van der Waals surface area contributed by atoms with E-state index in [1.807, 2.05) is 12.1 Å². The summed E-state index contributed by atoms with van der Waals surface area (Å²) >= 11 is 6.22. The highest BCUT2D eigenvalue weighted by atomic mass is 35.5. The van der Waals surface area contributed by atoms with Crippen molar-refractivity contribution in [2.45, 2.75) is 12.3 Å². The van der Waals surface area contributed by atoms with Crippen LogP contribution in [0.3, 0.4) is 0 Å². The average Bonchev–Trinajstić information content (AvgIpc) is 2.83. The molecule has 0 aromatic heterocycles. The van der Waals surface area contributed by atoms with Crippen LogP contribution in [0, 0.1) is 0 Å². The molecule has 17 heavy (non-hydrogen) atoms. The quantitative estimate of drug-likeness (QED) is 0.824. The summed E-state index contributed by atoms with van der Waals surface area (Å²) in [6.07, 6.45) is 1.23. The van der Waals surface area contributed by atoms with Crippen LogP contribution in [-0.4, -0.2) is 13.1 Å². The van der Waals surface area contributed by atoms with Gasteiger partial charge in [-0.25, -0.2) is 0 Å². The van der Waals surface area contributed by atoms with Gasteiger partial charge in [-0.05, 0) is 35.9 Å². The first kappa shape index (κ1) is 12.7. The van der Waals surface area contributed by atoms with Crippen molar-refractivity contribution < 1.29 is 0 Å². The molecule has 3 rings (SSSR count). The molecule has 1 aliphatic heterocycles. The van der Waals surface area contributed by atoms with Gasteiger partial charge in [0.2, 0.25) is 0 Å². The van der Waals surface area contributed by atoms with E-state index < -0.39 is 0 Å². The Morgan fingerprint density at radius 2 is 1.82 bits per heavy atom. The van der Waals surface area contributed by atoms with Crippen molar-refractivity contribution >= 4 is 34.8 Å².